The van der Waals surface area contributed by atoms with Gasteiger partial charge in [0, 0.05) is 18.3 Å². The van der Waals surface area contributed by atoms with E-state index in [9.17, 15) is 14.9 Å². The molecule has 6 nitrogen and oxygen atoms in total. The van der Waals surface area contributed by atoms with Crippen LogP contribution in [-0.2, 0) is 4.74 Å². The first-order chi connectivity index (χ1) is 9.58. The largest absolute Gasteiger partial charge is 0.453 e. The van der Waals surface area contributed by atoms with E-state index in [2.05, 4.69) is 4.98 Å². The van der Waals surface area contributed by atoms with Gasteiger partial charge in [0.2, 0.25) is 0 Å². The van der Waals surface area contributed by atoms with Crippen molar-refractivity contribution in [1.82, 2.24) is 4.98 Å². The van der Waals surface area contributed by atoms with Crippen molar-refractivity contribution in [3.63, 3.8) is 0 Å². The molecule has 0 spiro atoms. The summed E-state index contributed by atoms with van der Waals surface area (Å²) in [6.45, 7) is 1.65. The number of rotatable bonds is 4. The van der Waals surface area contributed by atoms with E-state index in [4.69, 9.17) is 4.74 Å². The second kappa shape index (κ2) is 5.92. The number of benzene rings is 1. The van der Waals surface area contributed by atoms with E-state index in [1.165, 1.54) is 18.3 Å². The molecule has 0 amide bonds. The second-order valence-electron chi connectivity index (χ2n) is 4.11. The molecule has 102 valence electrons. The first-order valence-corrected chi connectivity index (χ1v) is 5.94. The van der Waals surface area contributed by atoms with Gasteiger partial charge in [0.15, 0.2) is 0 Å². The number of aromatic nitrogens is 1. The molecule has 0 radical (unpaired) electrons. The number of hydrogen-bond acceptors (Lipinski definition) is 5. The molecule has 2 aromatic rings. The predicted molar refractivity (Wildman–Crippen MR) is 71.2 cm³/mol. The van der Waals surface area contributed by atoms with Crippen LogP contribution in [0.25, 0.3) is 0 Å². The van der Waals surface area contributed by atoms with Crippen molar-refractivity contribution >= 4 is 11.7 Å². The van der Waals surface area contributed by atoms with Crippen LogP contribution in [0.1, 0.15) is 29.1 Å². The smallest absolute Gasteiger partial charge is 0.357 e. The Morgan fingerprint density at radius 3 is 2.75 bits per heavy atom. The number of nitrogens with zero attached hydrogens (tertiary/aromatic N) is 2. The number of esters is 1. The molecule has 0 fully saturated rings. The Hall–Kier alpha value is -2.76. The number of nitro groups is 1. The van der Waals surface area contributed by atoms with Gasteiger partial charge in [0.1, 0.15) is 11.8 Å². The summed E-state index contributed by atoms with van der Waals surface area (Å²) in [4.78, 5) is 25.9. The molecular formula is C14H12N2O4. The fourth-order valence-corrected chi connectivity index (χ4v) is 1.66. The molecule has 6 heteroatoms. The van der Waals surface area contributed by atoms with Crippen molar-refractivity contribution in [2.45, 2.75) is 13.0 Å². The van der Waals surface area contributed by atoms with E-state index in [-0.39, 0.29) is 11.4 Å². The number of nitro benzene ring substituents is 1. The minimum absolute atomic E-state index is 0.0387. The quantitative estimate of drug-likeness (QED) is 0.485. The molecule has 2 rings (SSSR count). The molecule has 1 atom stereocenters. The third kappa shape index (κ3) is 3.17. The zero-order valence-corrected chi connectivity index (χ0v) is 10.7. The molecule has 0 saturated carbocycles. The summed E-state index contributed by atoms with van der Waals surface area (Å²) in [6.07, 6.45) is 0.902. The number of non-ortho nitro benzene ring substituents is 1. The first kappa shape index (κ1) is 13.7. The average Bonchev–Trinajstić information content (AvgIpc) is 2.48. The van der Waals surface area contributed by atoms with Gasteiger partial charge in [-0.15, -0.1) is 0 Å². The highest BCUT2D eigenvalue weighted by Crippen LogP contribution is 2.22. The van der Waals surface area contributed by atoms with Crippen LogP contribution in [0, 0.1) is 10.1 Å². The highest BCUT2D eigenvalue weighted by molar-refractivity contribution is 5.87. The van der Waals surface area contributed by atoms with E-state index >= 15 is 0 Å². The van der Waals surface area contributed by atoms with E-state index in [1.807, 2.05) is 0 Å². The van der Waals surface area contributed by atoms with Crippen molar-refractivity contribution in [3.8, 4) is 0 Å². The maximum atomic E-state index is 11.8. The third-order valence-corrected chi connectivity index (χ3v) is 2.71. The highest BCUT2D eigenvalue weighted by Gasteiger charge is 2.16. The maximum Gasteiger partial charge on any atom is 0.357 e. The van der Waals surface area contributed by atoms with Gasteiger partial charge in [-0.1, -0.05) is 18.2 Å². The Morgan fingerprint density at radius 1 is 1.30 bits per heavy atom. The second-order valence-corrected chi connectivity index (χ2v) is 4.11. The van der Waals surface area contributed by atoms with E-state index < -0.39 is 17.0 Å². The van der Waals surface area contributed by atoms with Gasteiger partial charge >= 0.3 is 5.97 Å². The Labute approximate surface area is 115 Å². The van der Waals surface area contributed by atoms with Gasteiger partial charge in [0.25, 0.3) is 5.69 Å². The van der Waals surface area contributed by atoms with Crippen LogP contribution in [0.5, 0.6) is 0 Å². The Balaban J connectivity index is 2.12. The zero-order chi connectivity index (χ0) is 14.5. The molecule has 1 aromatic carbocycles. The number of pyridine rings is 1. The van der Waals surface area contributed by atoms with Crippen LogP contribution < -0.4 is 0 Å². The molecule has 0 aliphatic heterocycles. The summed E-state index contributed by atoms with van der Waals surface area (Å²) in [5, 5.41) is 10.7. The monoisotopic (exact) mass is 272 g/mol. The lowest BCUT2D eigenvalue weighted by atomic mass is 10.1. The number of ether oxygens (including phenoxy) is 1. The van der Waals surface area contributed by atoms with Crippen molar-refractivity contribution in [2.75, 3.05) is 0 Å². The van der Waals surface area contributed by atoms with Crippen molar-refractivity contribution in [2.24, 2.45) is 0 Å². The molecule has 1 unspecified atom stereocenters. The molecule has 1 heterocycles. The van der Waals surface area contributed by atoms with E-state index in [1.54, 1.807) is 37.3 Å². The zero-order valence-electron chi connectivity index (χ0n) is 10.7. The SMILES string of the molecule is CC(OC(=O)c1ccccn1)c1cccc([N+](=O)[O-])c1. The molecule has 0 saturated heterocycles. The lowest BCUT2D eigenvalue weighted by molar-refractivity contribution is -0.385. The molecule has 20 heavy (non-hydrogen) atoms. The first-order valence-electron chi connectivity index (χ1n) is 5.94. The highest BCUT2D eigenvalue weighted by atomic mass is 16.6. The van der Waals surface area contributed by atoms with Crippen LogP contribution >= 0.6 is 0 Å². The van der Waals surface area contributed by atoms with Crippen LogP contribution in [0.3, 0.4) is 0 Å². The third-order valence-electron chi connectivity index (χ3n) is 2.71. The van der Waals surface area contributed by atoms with Crippen LogP contribution in [-0.4, -0.2) is 15.9 Å². The van der Waals surface area contributed by atoms with Crippen LogP contribution in [0.15, 0.2) is 48.7 Å². The molecule has 0 aliphatic rings. The summed E-state index contributed by atoms with van der Waals surface area (Å²) in [5.74, 6) is -0.565. The Bertz CT molecular complexity index is 628. The molecular weight excluding hydrogens is 260 g/mol. The van der Waals surface area contributed by atoms with Crippen molar-refractivity contribution in [3.05, 3.63) is 70.0 Å². The summed E-state index contributed by atoms with van der Waals surface area (Å²) in [7, 11) is 0. The number of carbonyl (C=O) groups is 1. The van der Waals surface area contributed by atoms with Gasteiger partial charge in [0.05, 0.1) is 4.92 Å². The number of carbonyl (C=O) groups excluding carboxylic acids is 1. The predicted octanol–water partition coefficient (Wildman–Crippen LogP) is 2.91. The molecule has 0 aliphatic carbocycles. The topological polar surface area (TPSA) is 82.3 Å². The van der Waals surface area contributed by atoms with Crippen LogP contribution in [0.2, 0.25) is 0 Å². The van der Waals surface area contributed by atoms with Gasteiger partial charge in [-0.2, -0.15) is 0 Å². The fourth-order valence-electron chi connectivity index (χ4n) is 1.66. The fraction of sp³-hybridized carbons (Fsp3) is 0.143. The van der Waals surface area contributed by atoms with E-state index in [0.717, 1.165) is 0 Å². The van der Waals surface area contributed by atoms with Gasteiger partial charge in [-0.05, 0) is 24.6 Å². The van der Waals surface area contributed by atoms with Gasteiger partial charge in [-0.3, -0.25) is 10.1 Å². The minimum atomic E-state index is -0.593. The lowest BCUT2D eigenvalue weighted by Gasteiger charge is -2.13. The summed E-state index contributed by atoms with van der Waals surface area (Å²) >= 11 is 0. The normalized spacial score (nSPS) is 11.7. The summed E-state index contributed by atoms with van der Waals surface area (Å²) < 4.78 is 5.23. The van der Waals surface area contributed by atoms with Crippen molar-refractivity contribution in [1.29, 1.82) is 0 Å². The summed E-state index contributed by atoms with van der Waals surface area (Å²) in [6, 6.07) is 10.9. The molecule has 1 aromatic heterocycles. The molecule has 0 bridgehead atoms. The minimum Gasteiger partial charge on any atom is -0.453 e. The lowest BCUT2D eigenvalue weighted by Crippen LogP contribution is -2.10. The van der Waals surface area contributed by atoms with Crippen LogP contribution in [0.4, 0.5) is 5.69 Å². The average molecular weight is 272 g/mol. The van der Waals surface area contributed by atoms with Gasteiger partial charge < -0.3 is 4.74 Å². The van der Waals surface area contributed by atoms with E-state index in [0.29, 0.717) is 5.56 Å². The summed E-state index contributed by atoms with van der Waals surface area (Å²) in [5.41, 5.74) is 0.719. The Morgan fingerprint density at radius 2 is 2.10 bits per heavy atom. The molecule has 0 N–H and O–H groups in total. The standard InChI is InChI=1S/C14H12N2O4/c1-10(11-5-4-6-12(9-11)16(18)19)20-14(17)13-7-2-3-8-15-13/h2-10H,1H3. The number of hydrogen-bond donors (Lipinski definition) is 0. The maximum absolute atomic E-state index is 11.8. The van der Waals surface area contributed by atoms with Crippen molar-refractivity contribution < 1.29 is 14.5 Å². The Kier molecular flexibility index (Phi) is 4.05. The van der Waals surface area contributed by atoms with Gasteiger partial charge in [-0.25, -0.2) is 9.78 Å².